The summed E-state index contributed by atoms with van der Waals surface area (Å²) in [5, 5.41) is 14.1. The minimum Gasteiger partial charge on any atom is -0.481 e. The smallest absolute Gasteiger partial charge is 0.303 e. The van der Waals surface area contributed by atoms with Crippen LogP contribution >= 0.6 is 11.8 Å². The molecule has 0 spiro atoms. The lowest BCUT2D eigenvalue weighted by Crippen LogP contribution is -2.29. The molecule has 1 heterocycles. The minimum absolute atomic E-state index is 0.0111. The van der Waals surface area contributed by atoms with E-state index in [9.17, 15) is 14.4 Å². The molecule has 0 bridgehead atoms. The molecule has 0 aliphatic carbocycles. The molecule has 6 nitrogen and oxygen atoms in total. The van der Waals surface area contributed by atoms with E-state index in [2.05, 4.69) is 10.6 Å². The number of hydrogen-bond donors (Lipinski definition) is 3. The van der Waals surface area contributed by atoms with Crippen molar-refractivity contribution in [1.82, 2.24) is 5.32 Å². The second-order valence-electron chi connectivity index (χ2n) is 4.96. The Kier molecular flexibility index (Phi) is 4.85. The molecule has 0 unspecified atom stereocenters. The first kappa shape index (κ1) is 15.4. The molecule has 3 N–H and O–H groups in total. The monoisotopic (exact) mass is 308 g/mol. The van der Waals surface area contributed by atoms with Gasteiger partial charge in [-0.25, -0.2) is 0 Å². The summed E-state index contributed by atoms with van der Waals surface area (Å²) in [4.78, 5) is 34.9. The molecule has 7 heteroatoms. The second kappa shape index (κ2) is 6.62. The first-order valence-electron chi connectivity index (χ1n) is 6.52. The van der Waals surface area contributed by atoms with Crippen molar-refractivity contribution in [3.8, 4) is 0 Å². The number of aliphatic carboxylic acids is 1. The third-order valence-electron chi connectivity index (χ3n) is 3.01. The van der Waals surface area contributed by atoms with Crippen LogP contribution in [0.5, 0.6) is 0 Å². The molecule has 1 aliphatic rings. The van der Waals surface area contributed by atoms with Gasteiger partial charge in [0.2, 0.25) is 5.91 Å². The molecule has 0 saturated carbocycles. The molecule has 0 radical (unpaired) electrons. The Balaban J connectivity index is 1.98. The van der Waals surface area contributed by atoms with E-state index < -0.39 is 5.97 Å². The molecule has 21 heavy (non-hydrogen) atoms. The fourth-order valence-corrected chi connectivity index (χ4v) is 2.75. The van der Waals surface area contributed by atoms with E-state index >= 15 is 0 Å². The third-order valence-corrected chi connectivity index (χ3v) is 4.08. The number of carbonyl (C=O) groups excluding carboxylic acids is 2. The summed E-state index contributed by atoms with van der Waals surface area (Å²) >= 11 is 1.43. The van der Waals surface area contributed by atoms with Gasteiger partial charge in [-0.1, -0.05) is 6.92 Å². The maximum absolute atomic E-state index is 12.0. The maximum Gasteiger partial charge on any atom is 0.303 e. The van der Waals surface area contributed by atoms with Gasteiger partial charge in [-0.05, 0) is 24.1 Å². The van der Waals surface area contributed by atoms with Crippen molar-refractivity contribution in [3.63, 3.8) is 0 Å². The number of amides is 2. The molecule has 2 rings (SSSR count). The van der Waals surface area contributed by atoms with E-state index in [1.807, 2.05) is 0 Å². The number of benzene rings is 1. The van der Waals surface area contributed by atoms with Crippen molar-refractivity contribution in [2.75, 3.05) is 17.6 Å². The molecule has 112 valence electrons. The second-order valence-corrected chi connectivity index (χ2v) is 5.98. The summed E-state index contributed by atoms with van der Waals surface area (Å²) in [6.07, 6.45) is 0.0111. The molecular formula is C14H16N2O4S. The Labute approximate surface area is 126 Å². The van der Waals surface area contributed by atoms with Crippen LogP contribution in [0.3, 0.4) is 0 Å². The first-order valence-corrected chi connectivity index (χ1v) is 7.51. The Morgan fingerprint density at radius 1 is 1.48 bits per heavy atom. The zero-order chi connectivity index (χ0) is 15.4. The van der Waals surface area contributed by atoms with Gasteiger partial charge in [0, 0.05) is 23.4 Å². The SMILES string of the molecule is C[C@@H](CNC(=O)c1ccc2c(c1)NC(=O)CS2)CC(=O)O. The predicted molar refractivity (Wildman–Crippen MR) is 79.5 cm³/mol. The lowest BCUT2D eigenvalue weighted by Gasteiger charge is -2.17. The Hall–Kier alpha value is -2.02. The molecule has 1 aromatic rings. The molecule has 1 aromatic carbocycles. The highest BCUT2D eigenvalue weighted by Gasteiger charge is 2.17. The van der Waals surface area contributed by atoms with E-state index in [0.29, 0.717) is 23.5 Å². The summed E-state index contributed by atoms with van der Waals surface area (Å²) in [5.41, 5.74) is 1.08. The van der Waals surface area contributed by atoms with Crippen LogP contribution in [0, 0.1) is 5.92 Å². The standard InChI is InChI=1S/C14H16N2O4S/c1-8(4-13(18)19)6-15-14(20)9-2-3-11-10(5-9)16-12(17)7-21-11/h2-3,5,8H,4,6-7H2,1H3,(H,15,20)(H,16,17)(H,18,19)/t8-/m1/s1. The number of fused-ring (bicyclic) bond motifs is 1. The van der Waals surface area contributed by atoms with E-state index in [1.165, 1.54) is 11.8 Å². The number of carbonyl (C=O) groups is 3. The Morgan fingerprint density at radius 3 is 2.95 bits per heavy atom. The number of anilines is 1. The zero-order valence-corrected chi connectivity index (χ0v) is 12.3. The first-order chi connectivity index (χ1) is 9.95. The number of thioether (sulfide) groups is 1. The van der Waals surface area contributed by atoms with Crippen molar-refractivity contribution >= 4 is 35.2 Å². The quantitative estimate of drug-likeness (QED) is 0.767. The minimum atomic E-state index is -0.884. The van der Waals surface area contributed by atoms with Crippen molar-refractivity contribution in [2.45, 2.75) is 18.2 Å². The van der Waals surface area contributed by atoms with E-state index in [4.69, 9.17) is 5.11 Å². The topological polar surface area (TPSA) is 95.5 Å². The number of carboxylic acids is 1. The zero-order valence-electron chi connectivity index (χ0n) is 11.5. The summed E-state index contributed by atoms with van der Waals surface area (Å²) < 4.78 is 0. The van der Waals surface area contributed by atoms with Crippen LogP contribution in [-0.2, 0) is 9.59 Å². The average molecular weight is 308 g/mol. The fraction of sp³-hybridized carbons (Fsp3) is 0.357. The molecule has 1 atom stereocenters. The van der Waals surface area contributed by atoms with Crippen LogP contribution in [0.15, 0.2) is 23.1 Å². The fourth-order valence-electron chi connectivity index (χ4n) is 1.96. The normalized spacial score (nSPS) is 14.8. The van der Waals surface area contributed by atoms with Crippen LogP contribution in [0.2, 0.25) is 0 Å². The van der Waals surface area contributed by atoms with E-state index in [1.54, 1.807) is 25.1 Å². The highest BCUT2D eigenvalue weighted by Crippen LogP contribution is 2.31. The molecular weight excluding hydrogens is 292 g/mol. The Bertz CT molecular complexity index is 588. The molecule has 1 aliphatic heterocycles. The predicted octanol–water partition coefficient (Wildman–Crippen LogP) is 1.57. The van der Waals surface area contributed by atoms with Gasteiger partial charge in [-0.2, -0.15) is 0 Å². The van der Waals surface area contributed by atoms with Crippen molar-refractivity contribution in [2.24, 2.45) is 5.92 Å². The van der Waals surface area contributed by atoms with Gasteiger partial charge in [0.1, 0.15) is 0 Å². The number of nitrogens with one attached hydrogen (secondary N) is 2. The molecule has 0 aromatic heterocycles. The Morgan fingerprint density at radius 2 is 2.24 bits per heavy atom. The molecule has 0 saturated heterocycles. The van der Waals surface area contributed by atoms with Crippen LogP contribution in [0.4, 0.5) is 5.69 Å². The average Bonchev–Trinajstić information content (AvgIpc) is 2.43. The van der Waals surface area contributed by atoms with Crippen molar-refractivity contribution in [1.29, 1.82) is 0 Å². The van der Waals surface area contributed by atoms with Crippen molar-refractivity contribution < 1.29 is 19.5 Å². The molecule has 2 amide bonds. The van der Waals surface area contributed by atoms with Gasteiger partial charge in [0.25, 0.3) is 5.91 Å². The largest absolute Gasteiger partial charge is 0.481 e. The summed E-state index contributed by atoms with van der Waals surface area (Å²) in [6, 6.07) is 5.13. The van der Waals surface area contributed by atoms with Gasteiger partial charge in [-0.3, -0.25) is 14.4 Å². The van der Waals surface area contributed by atoms with Crippen LogP contribution in [-0.4, -0.2) is 35.2 Å². The lowest BCUT2D eigenvalue weighted by atomic mass is 10.1. The van der Waals surface area contributed by atoms with Crippen LogP contribution in [0.1, 0.15) is 23.7 Å². The van der Waals surface area contributed by atoms with Crippen LogP contribution < -0.4 is 10.6 Å². The summed E-state index contributed by atoms with van der Waals surface area (Å²) in [5.74, 6) is -1.00. The van der Waals surface area contributed by atoms with Crippen molar-refractivity contribution in [3.05, 3.63) is 23.8 Å². The summed E-state index contributed by atoms with van der Waals surface area (Å²) in [7, 11) is 0. The summed E-state index contributed by atoms with van der Waals surface area (Å²) in [6.45, 7) is 2.06. The van der Waals surface area contributed by atoms with E-state index in [0.717, 1.165) is 4.90 Å². The van der Waals surface area contributed by atoms with Crippen LogP contribution in [0.25, 0.3) is 0 Å². The highest BCUT2D eigenvalue weighted by atomic mass is 32.2. The van der Waals surface area contributed by atoms with Gasteiger partial charge in [0.05, 0.1) is 11.4 Å². The number of carboxylic acid groups (broad SMARTS) is 1. The number of hydrogen-bond acceptors (Lipinski definition) is 4. The van der Waals surface area contributed by atoms with E-state index in [-0.39, 0.29) is 24.2 Å². The van der Waals surface area contributed by atoms with Gasteiger partial charge < -0.3 is 15.7 Å². The van der Waals surface area contributed by atoms with Gasteiger partial charge in [-0.15, -0.1) is 11.8 Å². The lowest BCUT2D eigenvalue weighted by molar-refractivity contribution is -0.137. The van der Waals surface area contributed by atoms with Gasteiger partial charge in [0.15, 0.2) is 0 Å². The highest BCUT2D eigenvalue weighted by molar-refractivity contribution is 8.00. The third kappa shape index (κ3) is 4.22. The molecule has 0 fully saturated rings. The van der Waals surface area contributed by atoms with Gasteiger partial charge >= 0.3 is 5.97 Å². The number of rotatable bonds is 5. The maximum atomic E-state index is 12.0.